The maximum Gasteiger partial charge on any atom is 0.311 e. The Balaban J connectivity index is 1.53. The molecule has 1 aliphatic heterocycles. The summed E-state index contributed by atoms with van der Waals surface area (Å²) in [5.74, 6) is -0.211. The van der Waals surface area contributed by atoms with Gasteiger partial charge in [0.1, 0.15) is 4.21 Å². The summed E-state index contributed by atoms with van der Waals surface area (Å²) < 4.78 is 33.4. The molecule has 0 aliphatic carbocycles. The number of benzene rings is 1. The number of nitrogens with zero attached hydrogens (tertiary/aromatic N) is 4. The van der Waals surface area contributed by atoms with Crippen molar-refractivity contribution in [3.63, 3.8) is 0 Å². The Morgan fingerprint density at radius 1 is 1.20 bits per heavy atom. The lowest BCUT2D eigenvalue weighted by atomic mass is 10.2. The molecule has 0 atom stereocenters. The number of aromatic nitrogens is 2. The molecule has 0 N–H and O–H groups in total. The van der Waals surface area contributed by atoms with Gasteiger partial charge in [0.2, 0.25) is 5.89 Å². The quantitative estimate of drug-likeness (QED) is 0.553. The molecule has 10 heteroatoms. The van der Waals surface area contributed by atoms with Crippen LogP contribution in [0.1, 0.15) is 36.0 Å². The van der Waals surface area contributed by atoms with Gasteiger partial charge in [-0.3, -0.25) is 4.79 Å². The Morgan fingerprint density at radius 2 is 1.93 bits per heavy atom. The van der Waals surface area contributed by atoms with Gasteiger partial charge in [0.15, 0.2) is 0 Å². The van der Waals surface area contributed by atoms with E-state index in [9.17, 15) is 13.2 Å². The highest BCUT2D eigenvalue weighted by molar-refractivity contribution is 7.91. The summed E-state index contributed by atoms with van der Waals surface area (Å²) in [6.07, 6.45) is 1.94. The Kier molecular flexibility index (Phi) is 5.98. The van der Waals surface area contributed by atoms with E-state index in [1.54, 1.807) is 10.3 Å². The summed E-state index contributed by atoms with van der Waals surface area (Å²) in [5.41, 5.74) is 1.41. The van der Waals surface area contributed by atoms with Crippen LogP contribution in [0.4, 0.5) is 0 Å². The predicted molar refractivity (Wildman–Crippen MR) is 112 cm³/mol. The number of thiophene rings is 1. The summed E-state index contributed by atoms with van der Waals surface area (Å²) in [6, 6.07) is 11.0. The maximum absolute atomic E-state index is 13.1. The van der Waals surface area contributed by atoms with E-state index in [2.05, 4.69) is 10.2 Å². The van der Waals surface area contributed by atoms with E-state index in [1.165, 1.54) is 10.4 Å². The predicted octanol–water partition coefficient (Wildman–Crippen LogP) is 3.24. The van der Waals surface area contributed by atoms with Crippen molar-refractivity contribution in [2.24, 2.45) is 0 Å². The van der Waals surface area contributed by atoms with Crippen molar-refractivity contribution in [1.29, 1.82) is 0 Å². The molecule has 1 fully saturated rings. The molecule has 30 heavy (non-hydrogen) atoms. The van der Waals surface area contributed by atoms with E-state index in [0.29, 0.717) is 31.7 Å². The maximum atomic E-state index is 13.1. The molecular weight excluding hydrogens is 424 g/mol. The molecule has 3 aromatic rings. The van der Waals surface area contributed by atoms with Crippen LogP contribution in [0.5, 0.6) is 0 Å². The minimum absolute atomic E-state index is 0.0678. The molecule has 0 spiro atoms. The van der Waals surface area contributed by atoms with E-state index < -0.39 is 10.0 Å². The second-order valence-electron chi connectivity index (χ2n) is 6.98. The van der Waals surface area contributed by atoms with Crippen molar-refractivity contribution in [3.8, 4) is 11.5 Å². The number of hydrogen-bond acceptors (Lipinski definition) is 7. The van der Waals surface area contributed by atoms with E-state index in [-0.39, 0.29) is 21.9 Å². The highest BCUT2D eigenvalue weighted by Gasteiger charge is 2.28. The summed E-state index contributed by atoms with van der Waals surface area (Å²) >= 11 is 1.10. The number of likely N-dealkylation sites (tertiary alicyclic amines) is 1. The summed E-state index contributed by atoms with van der Waals surface area (Å²) in [6.45, 7) is 3.82. The van der Waals surface area contributed by atoms with Gasteiger partial charge >= 0.3 is 11.8 Å². The number of hydrogen-bond donors (Lipinski definition) is 0. The molecule has 0 radical (unpaired) electrons. The fourth-order valence-electron chi connectivity index (χ4n) is 3.33. The van der Waals surface area contributed by atoms with Crippen LogP contribution < -0.4 is 0 Å². The van der Waals surface area contributed by atoms with Crippen molar-refractivity contribution in [2.45, 2.75) is 30.5 Å². The highest BCUT2D eigenvalue weighted by Crippen LogP contribution is 2.30. The van der Waals surface area contributed by atoms with E-state index in [4.69, 9.17) is 4.42 Å². The first-order valence-corrected chi connectivity index (χ1v) is 12.1. The van der Waals surface area contributed by atoms with Crippen LogP contribution in [-0.4, -0.2) is 53.4 Å². The zero-order valence-corrected chi connectivity index (χ0v) is 18.2. The van der Waals surface area contributed by atoms with Crippen LogP contribution in [-0.2, 0) is 16.6 Å². The molecule has 0 bridgehead atoms. The number of sulfonamides is 1. The molecule has 0 unspecified atom stereocenters. The molecule has 1 aliphatic rings. The van der Waals surface area contributed by atoms with Crippen LogP contribution in [0, 0.1) is 0 Å². The molecular formula is C20H22N4O4S2. The van der Waals surface area contributed by atoms with Crippen molar-refractivity contribution < 1.29 is 17.6 Å². The first-order chi connectivity index (χ1) is 14.5. The third-order valence-electron chi connectivity index (χ3n) is 4.97. The zero-order chi connectivity index (χ0) is 21.1. The fourth-order valence-corrected chi connectivity index (χ4v) is 6.07. The molecule has 1 saturated heterocycles. The van der Waals surface area contributed by atoms with Gasteiger partial charge in [-0.25, -0.2) is 8.42 Å². The topological polar surface area (TPSA) is 96.6 Å². The standard InChI is InChI=1S/C20H22N4O4S2/c1-2-24(13-15-8-4-3-5-9-15)30(26,27)17-12-16(14-29-17)18-21-22-19(28-18)20(25)23-10-6-7-11-23/h3-5,8-9,12,14H,2,6-7,10-11,13H2,1H3. The SMILES string of the molecule is CCN(Cc1ccccc1)S(=O)(=O)c1cc(-c2nnc(C(=O)N3CCCC3)o2)cs1. The van der Waals surface area contributed by atoms with Crippen molar-refractivity contribution in [3.05, 3.63) is 53.2 Å². The van der Waals surface area contributed by atoms with Crippen LogP contribution in [0.25, 0.3) is 11.5 Å². The van der Waals surface area contributed by atoms with Crippen LogP contribution in [0.2, 0.25) is 0 Å². The normalized spacial score (nSPS) is 14.5. The van der Waals surface area contributed by atoms with Gasteiger partial charge in [0, 0.05) is 31.6 Å². The van der Waals surface area contributed by atoms with Gasteiger partial charge in [-0.1, -0.05) is 37.3 Å². The second kappa shape index (κ2) is 8.66. The summed E-state index contributed by atoms with van der Waals surface area (Å²) in [7, 11) is -3.67. The van der Waals surface area contributed by atoms with Gasteiger partial charge in [0.05, 0.1) is 5.56 Å². The van der Waals surface area contributed by atoms with E-state index >= 15 is 0 Å². The lowest BCUT2D eigenvalue weighted by Gasteiger charge is -2.19. The lowest BCUT2D eigenvalue weighted by molar-refractivity contribution is 0.0754. The molecule has 3 heterocycles. The minimum Gasteiger partial charge on any atom is -0.412 e. The third kappa shape index (κ3) is 4.16. The molecule has 8 nitrogen and oxygen atoms in total. The Hall–Kier alpha value is -2.56. The Morgan fingerprint density at radius 3 is 2.63 bits per heavy atom. The lowest BCUT2D eigenvalue weighted by Crippen LogP contribution is -2.29. The van der Waals surface area contributed by atoms with Gasteiger partial charge in [0.25, 0.3) is 10.0 Å². The van der Waals surface area contributed by atoms with Gasteiger partial charge in [-0.15, -0.1) is 21.5 Å². The minimum atomic E-state index is -3.67. The molecule has 4 rings (SSSR count). The second-order valence-corrected chi connectivity index (χ2v) is 10.1. The molecule has 0 saturated carbocycles. The number of amides is 1. The van der Waals surface area contributed by atoms with Gasteiger partial charge in [-0.2, -0.15) is 4.31 Å². The monoisotopic (exact) mass is 446 g/mol. The average molecular weight is 447 g/mol. The number of carbonyl (C=O) groups is 1. The van der Waals surface area contributed by atoms with Gasteiger partial charge < -0.3 is 9.32 Å². The number of rotatable bonds is 7. The Labute approximate surface area is 179 Å². The van der Waals surface area contributed by atoms with Crippen LogP contribution in [0.3, 0.4) is 0 Å². The van der Waals surface area contributed by atoms with Crippen molar-refractivity contribution in [1.82, 2.24) is 19.4 Å². The van der Waals surface area contributed by atoms with E-state index in [1.807, 2.05) is 37.3 Å². The Bertz CT molecular complexity index is 1120. The summed E-state index contributed by atoms with van der Waals surface area (Å²) in [5, 5.41) is 9.45. The third-order valence-corrected chi connectivity index (χ3v) is 8.31. The highest BCUT2D eigenvalue weighted by atomic mass is 32.2. The average Bonchev–Trinajstić information content (AvgIpc) is 3.52. The molecule has 158 valence electrons. The fraction of sp³-hybridized carbons (Fsp3) is 0.350. The zero-order valence-electron chi connectivity index (χ0n) is 16.5. The molecule has 2 aromatic heterocycles. The largest absolute Gasteiger partial charge is 0.412 e. The summed E-state index contributed by atoms with van der Waals surface area (Å²) in [4.78, 5) is 14.1. The molecule has 1 aromatic carbocycles. The van der Waals surface area contributed by atoms with Crippen molar-refractivity contribution >= 4 is 27.3 Å². The van der Waals surface area contributed by atoms with Crippen molar-refractivity contribution in [2.75, 3.05) is 19.6 Å². The van der Waals surface area contributed by atoms with Crippen LogP contribution in [0.15, 0.2) is 50.4 Å². The van der Waals surface area contributed by atoms with Gasteiger partial charge in [-0.05, 0) is 24.5 Å². The smallest absolute Gasteiger partial charge is 0.311 e. The molecule has 1 amide bonds. The first kappa shape index (κ1) is 20.7. The van der Waals surface area contributed by atoms with E-state index in [0.717, 1.165) is 29.7 Å². The number of carbonyl (C=O) groups excluding carboxylic acids is 1. The first-order valence-electron chi connectivity index (χ1n) is 9.75. The van der Waals surface area contributed by atoms with Crippen LogP contribution >= 0.6 is 11.3 Å².